The number of methoxy groups -OCH3 is 1. The second-order valence-corrected chi connectivity index (χ2v) is 4.83. The van der Waals surface area contributed by atoms with Crippen LogP contribution in [0.15, 0.2) is 70.5 Å². The average molecular weight is 328 g/mol. The summed E-state index contributed by atoms with van der Waals surface area (Å²) in [7, 11) is 1.56. The Labute approximate surface area is 138 Å². The fraction of sp³-hybridized carbons (Fsp3) is 0.125. The van der Waals surface area contributed by atoms with Crippen LogP contribution in [0.2, 0.25) is 0 Å². The minimum atomic E-state index is -0.599. The summed E-state index contributed by atoms with van der Waals surface area (Å²) in [5, 5.41) is 20.1. The molecule has 124 valence electrons. The molecule has 0 unspecified atom stereocenters. The first-order valence-electron chi connectivity index (χ1n) is 7.03. The summed E-state index contributed by atoms with van der Waals surface area (Å²) in [5.41, 5.74) is 0.781. The summed E-state index contributed by atoms with van der Waals surface area (Å²) in [6.45, 7) is 1.36. The highest BCUT2D eigenvalue weighted by molar-refractivity contribution is 6.03. The number of azo groups is 1. The molecule has 0 radical (unpaired) electrons. The third kappa shape index (κ3) is 4.54. The molecule has 0 saturated heterocycles. The molecule has 2 rings (SSSR count). The first kappa shape index (κ1) is 16.9. The molecule has 1 amide bonds. The summed E-state index contributed by atoms with van der Waals surface area (Å²) < 4.78 is 6.34. The van der Waals surface area contributed by atoms with Gasteiger partial charge >= 0.3 is 0 Å². The molecule has 0 aliphatic heterocycles. The largest absolute Gasteiger partial charge is 0.510 e. The van der Waals surface area contributed by atoms with E-state index in [0.29, 0.717) is 17.1 Å². The van der Waals surface area contributed by atoms with Crippen molar-refractivity contribution in [1.29, 1.82) is 0 Å². The minimum absolute atomic E-state index is 0.196. The molecular weight excluding hydrogens is 310 g/mol. The second-order valence-electron chi connectivity index (χ2n) is 4.83. The Bertz CT molecular complexity index is 781. The maximum Gasteiger partial charge on any atom is 0.279 e. The van der Waals surface area contributed by atoms with Crippen molar-refractivity contribution in [2.75, 3.05) is 18.3 Å². The van der Waals surface area contributed by atoms with Crippen molar-refractivity contribution in [3.8, 4) is 5.75 Å². The third-order valence-electron chi connectivity index (χ3n) is 2.98. The van der Waals surface area contributed by atoms with Gasteiger partial charge in [-0.25, -0.2) is 5.84 Å². The van der Waals surface area contributed by atoms with Gasteiger partial charge in [-0.05, 0) is 37.3 Å². The number of amides is 1. The van der Waals surface area contributed by atoms with Crippen LogP contribution in [0.25, 0.3) is 0 Å². The molecule has 8 nitrogen and oxygen atoms in total. The number of hydrogen-bond donors (Lipinski definition) is 3. The van der Waals surface area contributed by atoms with Crippen LogP contribution in [0, 0.1) is 0 Å². The van der Waals surface area contributed by atoms with E-state index in [9.17, 15) is 9.90 Å². The van der Waals surface area contributed by atoms with E-state index in [1.807, 2.05) is 0 Å². The normalized spacial score (nSPS) is 11.9. The van der Waals surface area contributed by atoms with E-state index in [-0.39, 0.29) is 11.5 Å². The van der Waals surface area contributed by atoms with Gasteiger partial charge in [0.2, 0.25) is 6.20 Å². The van der Waals surface area contributed by atoms with Crippen LogP contribution in [0.1, 0.15) is 6.92 Å². The number of aliphatic hydroxyl groups is 1. The molecule has 0 spiro atoms. The van der Waals surface area contributed by atoms with Gasteiger partial charge in [-0.1, -0.05) is 4.68 Å². The van der Waals surface area contributed by atoms with E-state index in [4.69, 9.17) is 10.6 Å². The molecule has 8 heteroatoms. The maximum atomic E-state index is 12.2. The number of allylic oxidation sites excluding steroid dienone is 1. The first-order valence-corrected chi connectivity index (χ1v) is 7.03. The predicted molar refractivity (Wildman–Crippen MR) is 88.3 cm³/mol. The van der Waals surface area contributed by atoms with Crippen molar-refractivity contribution in [3.05, 3.63) is 60.2 Å². The lowest BCUT2D eigenvalue weighted by molar-refractivity contribution is -0.638. The monoisotopic (exact) mass is 328 g/mol. The number of benzene rings is 1. The lowest BCUT2D eigenvalue weighted by Crippen LogP contribution is -2.43. The number of hydrogen-bond acceptors (Lipinski definition) is 6. The molecule has 24 heavy (non-hydrogen) atoms. The van der Waals surface area contributed by atoms with E-state index in [1.165, 1.54) is 17.8 Å². The van der Waals surface area contributed by atoms with Crippen LogP contribution in [-0.4, -0.2) is 18.1 Å². The average Bonchev–Trinajstić information content (AvgIpc) is 2.55. The van der Waals surface area contributed by atoms with Crippen molar-refractivity contribution in [2.45, 2.75) is 6.92 Å². The maximum absolute atomic E-state index is 12.2. The van der Waals surface area contributed by atoms with Gasteiger partial charge in [0.15, 0.2) is 11.9 Å². The zero-order valence-corrected chi connectivity index (χ0v) is 13.3. The van der Waals surface area contributed by atoms with Crippen LogP contribution >= 0.6 is 0 Å². The van der Waals surface area contributed by atoms with Gasteiger partial charge in [0.05, 0.1) is 12.8 Å². The topological polar surface area (TPSA) is 113 Å². The Balaban J connectivity index is 2.15. The molecule has 0 saturated carbocycles. The molecule has 4 N–H and O–H groups in total. The third-order valence-corrected chi connectivity index (χ3v) is 2.98. The smallest absolute Gasteiger partial charge is 0.279 e. The molecule has 0 bridgehead atoms. The van der Waals surface area contributed by atoms with Crippen LogP contribution in [0.3, 0.4) is 0 Å². The van der Waals surface area contributed by atoms with Crippen molar-refractivity contribution in [1.82, 2.24) is 0 Å². The Morgan fingerprint density at radius 2 is 2.00 bits per heavy atom. The number of pyridine rings is 1. The molecular formula is C16H18N5O3+. The molecule has 2 aromatic rings. The number of carbonyl (C=O) groups excluding carboxylic acids is 1. The number of nitrogens with zero attached hydrogens (tertiary/aromatic N) is 3. The van der Waals surface area contributed by atoms with Gasteiger partial charge in [-0.3, -0.25) is 4.79 Å². The van der Waals surface area contributed by atoms with Gasteiger partial charge in [0.25, 0.3) is 5.91 Å². The number of ether oxygens (including phenoxy) is 1. The Kier molecular flexibility index (Phi) is 5.45. The molecule has 1 aromatic carbocycles. The zero-order valence-electron chi connectivity index (χ0n) is 13.3. The zero-order chi connectivity index (χ0) is 17.5. The first-order chi connectivity index (χ1) is 11.5. The summed E-state index contributed by atoms with van der Waals surface area (Å²) in [5.74, 6) is 5.41. The molecule has 0 aliphatic rings. The Morgan fingerprint density at radius 1 is 1.29 bits per heavy atom. The number of nitrogen functional groups attached to an aromatic ring is 1. The molecule has 0 atom stereocenters. The summed E-state index contributed by atoms with van der Waals surface area (Å²) in [6.07, 6.45) is 3.13. The van der Waals surface area contributed by atoms with Gasteiger partial charge < -0.3 is 15.2 Å². The molecule has 1 heterocycles. The van der Waals surface area contributed by atoms with Crippen LogP contribution in [0.4, 0.5) is 11.4 Å². The van der Waals surface area contributed by atoms with E-state index in [1.54, 1.807) is 49.7 Å². The number of nitrogens with two attached hydrogens (primary N) is 1. The van der Waals surface area contributed by atoms with Crippen molar-refractivity contribution in [3.63, 3.8) is 0 Å². The Morgan fingerprint density at radius 3 is 2.58 bits per heavy atom. The predicted octanol–water partition coefficient (Wildman–Crippen LogP) is 2.21. The summed E-state index contributed by atoms with van der Waals surface area (Å²) in [6, 6.07) is 10.1. The number of nitrogens with one attached hydrogen (secondary N) is 1. The fourth-order valence-electron chi connectivity index (χ4n) is 1.80. The van der Waals surface area contributed by atoms with Crippen LogP contribution in [-0.2, 0) is 4.79 Å². The van der Waals surface area contributed by atoms with E-state index >= 15 is 0 Å². The number of rotatable bonds is 5. The van der Waals surface area contributed by atoms with Gasteiger partial charge in [-0.2, -0.15) is 5.11 Å². The van der Waals surface area contributed by atoms with Crippen molar-refractivity contribution >= 4 is 17.3 Å². The van der Waals surface area contributed by atoms with E-state index < -0.39 is 5.91 Å². The highest BCUT2D eigenvalue weighted by Gasteiger charge is 2.14. The number of aliphatic hydroxyl groups excluding tert-OH is 1. The second kappa shape index (κ2) is 7.73. The summed E-state index contributed by atoms with van der Waals surface area (Å²) >= 11 is 0. The standard InChI is InChI=1S/C16H17N5O3/c1-11(22)15(16(23)18-13-4-3-9-21(17)10-13)20-19-12-5-7-14(24-2)8-6-12/h3-10H,17H2,1-2H3,(H-,18,19,22,23)/p+1. The number of carbonyl (C=O) groups is 1. The van der Waals surface area contributed by atoms with Crippen LogP contribution < -0.4 is 20.6 Å². The highest BCUT2D eigenvalue weighted by Crippen LogP contribution is 2.19. The lowest BCUT2D eigenvalue weighted by atomic mass is 10.3. The summed E-state index contributed by atoms with van der Waals surface area (Å²) in [4.78, 5) is 12.2. The van der Waals surface area contributed by atoms with Gasteiger partial charge in [0.1, 0.15) is 17.2 Å². The number of anilines is 1. The fourth-order valence-corrected chi connectivity index (χ4v) is 1.80. The van der Waals surface area contributed by atoms with Crippen LogP contribution in [0.5, 0.6) is 5.75 Å². The Hall–Kier alpha value is -3.42. The number of aromatic nitrogens is 1. The van der Waals surface area contributed by atoms with Gasteiger partial charge in [-0.15, -0.1) is 5.11 Å². The van der Waals surface area contributed by atoms with E-state index in [0.717, 1.165) is 0 Å². The van der Waals surface area contributed by atoms with Gasteiger partial charge in [0, 0.05) is 6.07 Å². The van der Waals surface area contributed by atoms with Crippen molar-refractivity contribution < 1.29 is 19.3 Å². The van der Waals surface area contributed by atoms with E-state index in [2.05, 4.69) is 15.5 Å². The van der Waals surface area contributed by atoms with Crippen molar-refractivity contribution in [2.24, 2.45) is 10.2 Å². The lowest BCUT2D eigenvalue weighted by Gasteiger charge is -2.04. The SMILES string of the molecule is COc1ccc(N=NC(C(=O)Nc2ccc[n+](N)c2)=C(C)O)cc1. The molecule has 1 aromatic heterocycles. The minimum Gasteiger partial charge on any atom is -0.510 e. The quantitative estimate of drug-likeness (QED) is 0.257. The molecule has 0 aliphatic carbocycles. The highest BCUT2D eigenvalue weighted by atomic mass is 16.5. The molecule has 0 fully saturated rings.